The van der Waals surface area contributed by atoms with Gasteiger partial charge in [0.05, 0.1) is 0 Å². The number of hydrogen-bond acceptors (Lipinski definition) is 1. The number of rotatable bonds is 2. The Bertz CT molecular complexity index is 256. The van der Waals surface area contributed by atoms with Gasteiger partial charge in [0.15, 0.2) is 0 Å². The molecule has 0 spiro atoms. The van der Waals surface area contributed by atoms with Crippen molar-refractivity contribution in [2.24, 2.45) is 0 Å². The zero-order chi connectivity index (χ0) is 8.27. The van der Waals surface area contributed by atoms with Crippen LogP contribution in [0.1, 0.15) is 29.2 Å². The zero-order valence-corrected chi connectivity index (χ0v) is 8.16. The van der Waals surface area contributed by atoms with Gasteiger partial charge in [-0.05, 0) is 31.9 Å². The quantitative estimate of drug-likeness (QED) is 0.629. The number of thiophene rings is 1. The third-order valence-electron chi connectivity index (χ3n) is 1.63. The van der Waals surface area contributed by atoms with E-state index < -0.39 is 0 Å². The first-order valence-corrected chi connectivity index (χ1v) is 4.81. The highest BCUT2D eigenvalue weighted by atomic mass is 32.1. The second kappa shape index (κ2) is 3.72. The van der Waals surface area contributed by atoms with Crippen LogP contribution in [0.4, 0.5) is 0 Å². The van der Waals surface area contributed by atoms with E-state index in [4.69, 9.17) is 0 Å². The highest BCUT2D eigenvalue weighted by Crippen LogP contribution is 2.23. The van der Waals surface area contributed by atoms with Gasteiger partial charge in [-0.3, -0.25) is 0 Å². The molecule has 0 aliphatic carbocycles. The molecule has 0 saturated carbocycles. The van der Waals surface area contributed by atoms with Gasteiger partial charge in [0.2, 0.25) is 0 Å². The minimum Gasteiger partial charge on any atom is -0.145 e. The van der Waals surface area contributed by atoms with Gasteiger partial charge in [0, 0.05) is 9.75 Å². The van der Waals surface area contributed by atoms with Crippen molar-refractivity contribution in [3.63, 3.8) is 0 Å². The molecule has 0 atom stereocenters. The van der Waals surface area contributed by atoms with Crippen LogP contribution in [0.15, 0.2) is 12.1 Å². The summed E-state index contributed by atoms with van der Waals surface area (Å²) in [4.78, 5) is 2.91. The largest absolute Gasteiger partial charge is 0.145 e. The van der Waals surface area contributed by atoms with Crippen molar-refractivity contribution in [2.75, 3.05) is 0 Å². The molecule has 0 N–H and O–H groups in total. The van der Waals surface area contributed by atoms with Crippen LogP contribution in [0.25, 0.3) is 6.08 Å². The van der Waals surface area contributed by atoms with Gasteiger partial charge in [-0.2, -0.15) is 0 Å². The first-order chi connectivity index (χ1) is 5.27. The third kappa shape index (κ3) is 1.93. The molecule has 1 aromatic rings. The summed E-state index contributed by atoms with van der Waals surface area (Å²) in [6.45, 7) is 6.43. The maximum atomic E-state index is 2.25. The van der Waals surface area contributed by atoms with Gasteiger partial charge in [-0.25, -0.2) is 0 Å². The van der Waals surface area contributed by atoms with Crippen molar-refractivity contribution in [3.05, 3.63) is 27.5 Å². The third-order valence-corrected chi connectivity index (χ3v) is 2.84. The van der Waals surface area contributed by atoms with E-state index in [-0.39, 0.29) is 0 Å². The molecule has 0 bridgehead atoms. The molecule has 1 heteroatoms. The van der Waals surface area contributed by atoms with Crippen LogP contribution in [0, 0.1) is 6.92 Å². The molecule has 0 amide bonds. The molecule has 0 nitrogen and oxygen atoms in total. The van der Waals surface area contributed by atoms with Crippen LogP contribution in [0.3, 0.4) is 0 Å². The summed E-state index contributed by atoms with van der Waals surface area (Å²) in [5, 5.41) is 0. The highest BCUT2D eigenvalue weighted by molar-refractivity contribution is 7.12. The molecule has 0 aliphatic heterocycles. The fourth-order valence-electron chi connectivity index (χ4n) is 1.18. The van der Waals surface area contributed by atoms with Crippen molar-refractivity contribution in [1.82, 2.24) is 0 Å². The van der Waals surface area contributed by atoms with Crippen molar-refractivity contribution >= 4 is 17.4 Å². The number of aryl methyl sites for hydroxylation is 2. The average Bonchev–Trinajstić information content (AvgIpc) is 2.32. The Morgan fingerprint density at radius 3 is 2.82 bits per heavy atom. The first kappa shape index (κ1) is 8.54. The van der Waals surface area contributed by atoms with E-state index in [1.165, 1.54) is 15.3 Å². The van der Waals surface area contributed by atoms with Gasteiger partial charge >= 0.3 is 0 Å². The SMILES string of the molecule is C/C=C\c1cc(C)sc1CC. The van der Waals surface area contributed by atoms with Crippen LogP contribution in [0.2, 0.25) is 0 Å². The predicted molar refractivity (Wildman–Crippen MR) is 53.1 cm³/mol. The van der Waals surface area contributed by atoms with Crippen molar-refractivity contribution in [1.29, 1.82) is 0 Å². The number of allylic oxidation sites excluding steroid dienone is 1. The maximum Gasteiger partial charge on any atom is 0.0117 e. The molecule has 11 heavy (non-hydrogen) atoms. The first-order valence-electron chi connectivity index (χ1n) is 4.00. The summed E-state index contributed by atoms with van der Waals surface area (Å²) >= 11 is 1.90. The van der Waals surface area contributed by atoms with Gasteiger partial charge in [-0.15, -0.1) is 11.3 Å². The molecule has 0 radical (unpaired) electrons. The van der Waals surface area contributed by atoms with Crippen LogP contribution in [-0.4, -0.2) is 0 Å². The Balaban J connectivity index is 3.01. The molecule has 1 heterocycles. The Morgan fingerprint density at radius 1 is 1.55 bits per heavy atom. The van der Waals surface area contributed by atoms with E-state index in [0.717, 1.165) is 6.42 Å². The molecule has 0 saturated heterocycles. The van der Waals surface area contributed by atoms with E-state index in [1.807, 2.05) is 11.3 Å². The van der Waals surface area contributed by atoms with Crippen LogP contribution >= 0.6 is 11.3 Å². The lowest BCUT2D eigenvalue weighted by atomic mass is 10.2. The van der Waals surface area contributed by atoms with Crippen molar-refractivity contribution in [2.45, 2.75) is 27.2 Å². The topological polar surface area (TPSA) is 0 Å². The van der Waals surface area contributed by atoms with E-state index in [2.05, 4.69) is 39.0 Å². The van der Waals surface area contributed by atoms with Crippen molar-refractivity contribution < 1.29 is 0 Å². The summed E-state index contributed by atoms with van der Waals surface area (Å²) in [6, 6.07) is 2.25. The molecule has 0 aliphatic rings. The average molecular weight is 166 g/mol. The fraction of sp³-hybridized carbons (Fsp3) is 0.400. The lowest BCUT2D eigenvalue weighted by Gasteiger charge is -1.90. The molecule has 1 aromatic heterocycles. The Kier molecular flexibility index (Phi) is 2.89. The standard InChI is InChI=1S/C10H14S/c1-4-6-9-7-8(3)11-10(9)5-2/h4,6-7H,5H2,1-3H3/b6-4-. The summed E-state index contributed by atoms with van der Waals surface area (Å²) in [6.07, 6.45) is 5.43. The molecular weight excluding hydrogens is 152 g/mol. The van der Waals surface area contributed by atoms with Gasteiger partial charge in [0.1, 0.15) is 0 Å². The van der Waals surface area contributed by atoms with E-state index in [1.54, 1.807) is 0 Å². The second-order valence-corrected chi connectivity index (χ2v) is 3.93. The minimum atomic E-state index is 1.15. The number of hydrogen-bond donors (Lipinski definition) is 0. The maximum absolute atomic E-state index is 2.25. The Labute approximate surface area is 72.6 Å². The highest BCUT2D eigenvalue weighted by Gasteiger charge is 2.00. The predicted octanol–water partition coefficient (Wildman–Crippen LogP) is 3.65. The van der Waals surface area contributed by atoms with E-state index in [0.29, 0.717) is 0 Å². The Morgan fingerprint density at radius 2 is 2.27 bits per heavy atom. The summed E-state index contributed by atoms with van der Waals surface area (Å²) in [5.41, 5.74) is 1.40. The van der Waals surface area contributed by atoms with Crippen LogP contribution in [-0.2, 0) is 6.42 Å². The molecule has 0 aromatic carbocycles. The van der Waals surface area contributed by atoms with Gasteiger partial charge < -0.3 is 0 Å². The molecular formula is C10H14S. The van der Waals surface area contributed by atoms with E-state index >= 15 is 0 Å². The lowest BCUT2D eigenvalue weighted by molar-refractivity contribution is 1.18. The monoisotopic (exact) mass is 166 g/mol. The van der Waals surface area contributed by atoms with Crippen LogP contribution in [0.5, 0.6) is 0 Å². The van der Waals surface area contributed by atoms with Gasteiger partial charge in [0.25, 0.3) is 0 Å². The zero-order valence-electron chi connectivity index (χ0n) is 7.35. The minimum absolute atomic E-state index is 1.15. The second-order valence-electron chi connectivity index (χ2n) is 2.59. The molecule has 60 valence electrons. The summed E-state index contributed by atoms with van der Waals surface area (Å²) < 4.78 is 0. The fourth-order valence-corrected chi connectivity index (χ4v) is 2.14. The lowest BCUT2D eigenvalue weighted by Crippen LogP contribution is -1.74. The van der Waals surface area contributed by atoms with Crippen LogP contribution < -0.4 is 0 Å². The molecule has 1 rings (SSSR count). The van der Waals surface area contributed by atoms with Gasteiger partial charge in [-0.1, -0.05) is 19.1 Å². The smallest absolute Gasteiger partial charge is 0.0117 e. The Hall–Kier alpha value is -0.560. The molecule has 0 unspecified atom stereocenters. The molecule has 0 fully saturated rings. The van der Waals surface area contributed by atoms with E-state index in [9.17, 15) is 0 Å². The normalized spacial score (nSPS) is 11.2. The summed E-state index contributed by atoms with van der Waals surface area (Å²) in [5.74, 6) is 0. The van der Waals surface area contributed by atoms with Crippen molar-refractivity contribution in [3.8, 4) is 0 Å². The summed E-state index contributed by atoms with van der Waals surface area (Å²) in [7, 11) is 0.